The van der Waals surface area contributed by atoms with Crippen molar-refractivity contribution in [3.63, 3.8) is 0 Å². The molecule has 0 unspecified atom stereocenters. The molecule has 2 heterocycles. The fraction of sp³-hybridized carbons (Fsp3) is 0.333. The minimum absolute atomic E-state index is 0.187. The molecule has 0 spiro atoms. The van der Waals surface area contributed by atoms with Gasteiger partial charge >= 0.3 is 0 Å². The van der Waals surface area contributed by atoms with E-state index in [0.717, 1.165) is 16.9 Å². The molecule has 1 aliphatic rings. The number of ether oxygens (including phenoxy) is 2. The molecule has 0 aliphatic carbocycles. The van der Waals surface area contributed by atoms with Crippen molar-refractivity contribution in [1.29, 1.82) is 0 Å². The van der Waals surface area contributed by atoms with Gasteiger partial charge in [0, 0.05) is 13.2 Å². The van der Waals surface area contributed by atoms with Gasteiger partial charge in [-0.25, -0.2) is 4.39 Å². The summed E-state index contributed by atoms with van der Waals surface area (Å²) in [5, 5.41) is 8.42. The van der Waals surface area contributed by atoms with Gasteiger partial charge in [0.1, 0.15) is 11.6 Å². The van der Waals surface area contributed by atoms with Crippen LogP contribution in [0.5, 0.6) is 5.75 Å². The molecule has 3 aromatic rings. The molecule has 0 amide bonds. The third-order valence-corrected chi connectivity index (χ3v) is 4.95. The van der Waals surface area contributed by atoms with Gasteiger partial charge in [-0.05, 0) is 55.2 Å². The summed E-state index contributed by atoms with van der Waals surface area (Å²) in [7, 11) is 0. The molecule has 5 nitrogen and oxygen atoms in total. The van der Waals surface area contributed by atoms with Crippen LogP contribution < -0.4 is 4.74 Å². The monoisotopic (exact) mass is 368 g/mol. The van der Waals surface area contributed by atoms with Crippen molar-refractivity contribution in [2.45, 2.75) is 31.8 Å². The number of aryl methyl sites for hydroxylation is 1. The Balaban J connectivity index is 1.58. The Bertz CT molecular complexity index is 919. The van der Waals surface area contributed by atoms with E-state index in [1.807, 2.05) is 37.3 Å². The van der Waals surface area contributed by atoms with E-state index >= 15 is 0 Å². The average Bonchev–Trinajstić information content (AvgIpc) is 3.17. The van der Waals surface area contributed by atoms with E-state index in [9.17, 15) is 4.39 Å². The van der Waals surface area contributed by atoms with Crippen molar-refractivity contribution in [2.75, 3.05) is 13.2 Å². The van der Waals surface area contributed by atoms with Crippen LogP contribution in [0.15, 0.2) is 52.9 Å². The normalized spacial score (nSPS) is 16.2. The van der Waals surface area contributed by atoms with Crippen LogP contribution in [0.1, 0.15) is 35.7 Å². The zero-order valence-electron chi connectivity index (χ0n) is 15.2. The molecule has 27 heavy (non-hydrogen) atoms. The zero-order chi connectivity index (χ0) is 18.7. The van der Waals surface area contributed by atoms with Crippen LogP contribution in [-0.2, 0) is 16.8 Å². The quantitative estimate of drug-likeness (QED) is 0.676. The van der Waals surface area contributed by atoms with Crippen molar-refractivity contribution in [1.82, 2.24) is 10.2 Å². The lowest BCUT2D eigenvalue weighted by molar-refractivity contribution is 0.0535. The van der Waals surface area contributed by atoms with Gasteiger partial charge in [0.2, 0.25) is 5.89 Å². The van der Waals surface area contributed by atoms with Crippen molar-refractivity contribution >= 4 is 0 Å². The number of hydrogen-bond donors (Lipinski definition) is 0. The van der Waals surface area contributed by atoms with Gasteiger partial charge in [-0.2, -0.15) is 0 Å². The van der Waals surface area contributed by atoms with Crippen molar-refractivity contribution in [3.8, 4) is 5.75 Å². The molecule has 0 radical (unpaired) electrons. The molecule has 4 rings (SSSR count). The number of aromatic nitrogens is 2. The summed E-state index contributed by atoms with van der Waals surface area (Å²) in [6.45, 7) is 3.32. The predicted molar refractivity (Wildman–Crippen MR) is 97.0 cm³/mol. The van der Waals surface area contributed by atoms with Crippen LogP contribution in [-0.4, -0.2) is 23.4 Å². The van der Waals surface area contributed by atoms with E-state index in [0.29, 0.717) is 37.8 Å². The van der Waals surface area contributed by atoms with Crippen molar-refractivity contribution in [3.05, 3.63) is 77.3 Å². The first-order valence-corrected chi connectivity index (χ1v) is 9.02. The van der Waals surface area contributed by atoms with E-state index in [2.05, 4.69) is 10.2 Å². The average molecular weight is 368 g/mol. The van der Waals surface area contributed by atoms with Gasteiger partial charge in [-0.3, -0.25) is 0 Å². The Kier molecular flexibility index (Phi) is 4.90. The molecule has 0 bridgehead atoms. The second-order valence-corrected chi connectivity index (χ2v) is 6.81. The maximum absolute atomic E-state index is 13.8. The van der Waals surface area contributed by atoms with Gasteiger partial charge < -0.3 is 13.9 Å². The van der Waals surface area contributed by atoms with Crippen molar-refractivity contribution < 1.29 is 18.3 Å². The summed E-state index contributed by atoms with van der Waals surface area (Å²) < 4.78 is 31.0. The number of nitrogens with zero attached hydrogens (tertiary/aromatic N) is 2. The van der Waals surface area contributed by atoms with Crippen LogP contribution in [0.25, 0.3) is 0 Å². The highest BCUT2D eigenvalue weighted by atomic mass is 19.1. The Morgan fingerprint density at radius 2 is 1.89 bits per heavy atom. The first-order valence-electron chi connectivity index (χ1n) is 9.02. The van der Waals surface area contributed by atoms with Crippen LogP contribution >= 0.6 is 0 Å². The molecular weight excluding hydrogens is 347 g/mol. The molecule has 1 fully saturated rings. The molecule has 140 valence electrons. The molecule has 0 N–H and O–H groups in total. The molecule has 2 aromatic carbocycles. The molecule has 0 saturated carbocycles. The van der Waals surface area contributed by atoms with E-state index in [1.165, 1.54) is 6.07 Å². The lowest BCUT2D eigenvalue weighted by Gasteiger charge is -2.34. The minimum Gasteiger partial charge on any atom is -0.484 e. The molecular formula is C21H21FN2O3. The maximum atomic E-state index is 13.8. The maximum Gasteiger partial charge on any atom is 0.253 e. The second kappa shape index (κ2) is 7.48. The lowest BCUT2D eigenvalue weighted by Crippen LogP contribution is -2.35. The van der Waals surface area contributed by atoms with E-state index in [-0.39, 0.29) is 12.4 Å². The fourth-order valence-corrected chi connectivity index (χ4v) is 3.49. The standard InChI is InChI=1S/C21H21FN2O3/c1-15-4-2-7-18(12-15)26-14-19-23-24-20(27-19)21(8-10-25-11-9-21)16-5-3-6-17(22)13-16/h2-7,12-13H,8-11,14H2,1H3. The van der Waals surface area contributed by atoms with Crippen LogP contribution in [0, 0.1) is 12.7 Å². The number of hydrogen-bond acceptors (Lipinski definition) is 5. The summed E-state index contributed by atoms with van der Waals surface area (Å²) in [4.78, 5) is 0. The summed E-state index contributed by atoms with van der Waals surface area (Å²) in [6, 6.07) is 14.4. The molecule has 1 aromatic heterocycles. The molecule has 6 heteroatoms. The number of halogens is 1. The first-order chi connectivity index (χ1) is 13.2. The Morgan fingerprint density at radius 1 is 1.07 bits per heavy atom. The molecule has 1 aliphatic heterocycles. The van der Waals surface area contributed by atoms with E-state index < -0.39 is 5.41 Å². The van der Waals surface area contributed by atoms with Crippen LogP contribution in [0.2, 0.25) is 0 Å². The molecule has 1 saturated heterocycles. The van der Waals surface area contributed by atoms with Gasteiger partial charge in [0.05, 0.1) is 5.41 Å². The van der Waals surface area contributed by atoms with E-state index in [4.69, 9.17) is 13.9 Å². The third-order valence-electron chi connectivity index (χ3n) is 4.95. The highest BCUT2D eigenvalue weighted by molar-refractivity contribution is 5.33. The largest absolute Gasteiger partial charge is 0.484 e. The van der Waals surface area contributed by atoms with Crippen LogP contribution in [0.3, 0.4) is 0 Å². The van der Waals surface area contributed by atoms with Gasteiger partial charge in [0.15, 0.2) is 6.61 Å². The van der Waals surface area contributed by atoms with Gasteiger partial charge in [-0.1, -0.05) is 24.3 Å². The fourth-order valence-electron chi connectivity index (χ4n) is 3.49. The summed E-state index contributed by atoms with van der Waals surface area (Å²) in [6.07, 6.45) is 1.33. The summed E-state index contributed by atoms with van der Waals surface area (Å²) in [5.41, 5.74) is 1.42. The zero-order valence-corrected chi connectivity index (χ0v) is 15.2. The topological polar surface area (TPSA) is 57.4 Å². The number of benzene rings is 2. The Hall–Kier alpha value is -2.73. The highest BCUT2D eigenvalue weighted by Gasteiger charge is 2.41. The van der Waals surface area contributed by atoms with Gasteiger partial charge in [0.25, 0.3) is 5.89 Å². The highest BCUT2D eigenvalue weighted by Crippen LogP contribution is 2.40. The summed E-state index contributed by atoms with van der Waals surface area (Å²) in [5.74, 6) is 1.36. The Labute approximate surface area is 157 Å². The molecule has 0 atom stereocenters. The number of rotatable bonds is 5. The Morgan fingerprint density at radius 3 is 2.67 bits per heavy atom. The predicted octanol–water partition coefficient (Wildman–Crippen LogP) is 4.19. The van der Waals surface area contributed by atoms with Crippen LogP contribution in [0.4, 0.5) is 4.39 Å². The smallest absolute Gasteiger partial charge is 0.253 e. The first kappa shape index (κ1) is 17.7. The third kappa shape index (κ3) is 3.71. The SMILES string of the molecule is Cc1cccc(OCc2nnc(C3(c4cccc(F)c4)CCOCC3)o2)c1. The van der Waals surface area contributed by atoms with Crippen molar-refractivity contribution in [2.24, 2.45) is 0 Å². The summed E-state index contributed by atoms with van der Waals surface area (Å²) >= 11 is 0. The second-order valence-electron chi connectivity index (χ2n) is 6.81. The lowest BCUT2D eigenvalue weighted by atomic mass is 9.74. The minimum atomic E-state index is -0.533. The van der Waals surface area contributed by atoms with Gasteiger partial charge in [-0.15, -0.1) is 10.2 Å². The van der Waals surface area contributed by atoms with E-state index in [1.54, 1.807) is 12.1 Å².